The van der Waals surface area contributed by atoms with E-state index in [2.05, 4.69) is 16.9 Å². The van der Waals surface area contributed by atoms with Crippen molar-refractivity contribution in [2.45, 2.75) is 11.7 Å². The fourth-order valence-electron chi connectivity index (χ4n) is 3.14. The molecule has 0 aliphatic heterocycles. The Hall–Kier alpha value is -3.38. The molecule has 5 nitrogen and oxygen atoms in total. The molecule has 144 valence electrons. The lowest BCUT2D eigenvalue weighted by Gasteiger charge is -2.11. The van der Waals surface area contributed by atoms with E-state index in [0.29, 0.717) is 22.6 Å². The molecule has 0 aliphatic carbocycles. The number of carbonyl (C=O) groups is 1. The zero-order valence-electron chi connectivity index (χ0n) is 15.7. The molecular weight excluding hydrogens is 382 g/mol. The number of aromatic nitrogens is 2. The third kappa shape index (κ3) is 4.07. The summed E-state index contributed by atoms with van der Waals surface area (Å²) < 4.78 is 1.54. The fourth-order valence-corrected chi connectivity index (χ4v) is 3.95. The zero-order chi connectivity index (χ0) is 20.2. The van der Waals surface area contributed by atoms with Crippen LogP contribution in [0.25, 0.3) is 21.7 Å². The molecule has 6 heteroatoms. The predicted octanol–water partition coefficient (Wildman–Crippen LogP) is 4.47. The average Bonchev–Trinajstić information content (AvgIpc) is 2.74. The summed E-state index contributed by atoms with van der Waals surface area (Å²) >= 11 is 1.24. The van der Waals surface area contributed by atoms with E-state index in [0.717, 1.165) is 16.5 Å². The Bertz CT molecular complexity index is 1280. The van der Waals surface area contributed by atoms with Crippen LogP contribution in [0.4, 0.5) is 5.69 Å². The first-order valence-electron chi connectivity index (χ1n) is 9.17. The summed E-state index contributed by atoms with van der Waals surface area (Å²) in [5.74, 6) is -0.00721. The van der Waals surface area contributed by atoms with Gasteiger partial charge in [-0.3, -0.25) is 14.2 Å². The van der Waals surface area contributed by atoms with Gasteiger partial charge in [-0.15, -0.1) is 6.58 Å². The highest BCUT2D eigenvalue weighted by Gasteiger charge is 2.12. The summed E-state index contributed by atoms with van der Waals surface area (Å²) in [5, 5.41) is 6.15. The van der Waals surface area contributed by atoms with Crippen LogP contribution in [0.3, 0.4) is 0 Å². The number of nitrogens with zero attached hydrogens (tertiary/aromatic N) is 2. The van der Waals surface area contributed by atoms with Gasteiger partial charge in [-0.1, -0.05) is 60.3 Å². The Morgan fingerprint density at radius 1 is 1.07 bits per heavy atom. The van der Waals surface area contributed by atoms with Crippen molar-refractivity contribution < 1.29 is 4.79 Å². The maximum atomic E-state index is 12.8. The minimum absolute atomic E-state index is 0.132. The summed E-state index contributed by atoms with van der Waals surface area (Å²) in [6.45, 7) is 4.06. The number of benzene rings is 3. The predicted molar refractivity (Wildman–Crippen MR) is 120 cm³/mol. The molecule has 0 radical (unpaired) electrons. The van der Waals surface area contributed by atoms with Gasteiger partial charge in [-0.05, 0) is 35.0 Å². The number of hydrogen-bond acceptors (Lipinski definition) is 4. The van der Waals surface area contributed by atoms with E-state index in [9.17, 15) is 9.59 Å². The second-order valence-corrected chi connectivity index (χ2v) is 7.46. The van der Waals surface area contributed by atoms with Crippen molar-refractivity contribution in [1.82, 2.24) is 9.55 Å². The Morgan fingerprint density at radius 2 is 1.83 bits per heavy atom. The van der Waals surface area contributed by atoms with Gasteiger partial charge < -0.3 is 5.32 Å². The van der Waals surface area contributed by atoms with E-state index in [1.807, 2.05) is 54.6 Å². The molecule has 4 aromatic rings. The van der Waals surface area contributed by atoms with E-state index in [1.165, 1.54) is 11.8 Å². The first kappa shape index (κ1) is 19.0. The molecule has 0 unspecified atom stereocenters. The van der Waals surface area contributed by atoms with E-state index in [1.54, 1.807) is 22.8 Å². The summed E-state index contributed by atoms with van der Waals surface area (Å²) in [5.41, 5.74) is 1.23. The van der Waals surface area contributed by atoms with Gasteiger partial charge in [0.15, 0.2) is 5.16 Å². The molecule has 0 fully saturated rings. The largest absolute Gasteiger partial charge is 0.325 e. The molecule has 0 saturated heterocycles. The highest BCUT2D eigenvalue weighted by atomic mass is 32.2. The van der Waals surface area contributed by atoms with Crippen molar-refractivity contribution in [1.29, 1.82) is 0 Å². The summed E-state index contributed by atoms with van der Waals surface area (Å²) in [6, 6.07) is 21.0. The van der Waals surface area contributed by atoms with E-state index in [4.69, 9.17) is 0 Å². The van der Waals surface area contributed by atoms with Gasteiger partial charge in [0, 0.05) is 12.2 Å². The molecule has 0 aliphatic rings. The molecular formula is C23H19N3O2S. The van der Waals surface area contributed by atoms with Crippen LogP contribution in [0.5, 0.6) is 0 Å². The number of fused-ring (bicyclic) bond motifs is 2. The second kappa shape index (κ2) is 8.32. The van der Waals surface area contributed by atoms with Gasteiger partial charge >= 0.3 is 0 Å². The smallest absolute Gasteiger partial charge is 0.262 e. The van der Waals surface area contributed by atoms with Gasteiger partial charge in [-0.2, -0.15) is 0 Å². The van der Waals surface area contributed by atoms with Crippen LogP contribution >= 0.6 is 11.8 Å². The van der Waals surface area contributed by atoms with Crippen LogP contribution in [0.2, 0.25) is 0 Å². The lowest BCUT2D eigenvalue weighted by atomic mass is 10.1. The highest BCUT2D eigenvalue weighted by molar-refractivity contribution is 7.99. The standard InChI is InChI=1S/C23H19N3O2S/c1-2-13-26-22(28)19-9-5-6-10-20(19)25-23(26)29-15-21(27)24-18-12-11-16-7-3-4-8-17(16)14-18/h2-12,14H,1,13,15H2,(H,24,27). The summed E-state index contributed by atoms with van der Waals surface area (Å²) in [6.07, 6.45) is 1.65. The van der Waals surface area contributed by atoms with Crippen LogP contribution in [0.1, 0.15) is 0 Å². The van der Waals surface area contributed by atoms with Crippen molar-refractivity contribution in [3.05, 3.63) is 89.7 Å². The van der Waals surface area contributed by atoms with E-state index < -0.39 is 0 Å². The van der Waals surface area contributed by atoms with Crippen molar-refractivity contribution in [3.8, 4) is 0 Å². The van der Waals surface area contributed by atoms with Crippen LogP contribution in [-0.4, -0.2) is 21.2 Å². The second-order valence-electron chi connectivity index (χ2n) is 6.51. The first-order chi connectivity index (χ1) is 14.2. The van der Waals surface area contributed by atoms with Crippen LogP contribution in [0, 0.1) is 0 Å². The topological polar surface area (TPSA) is 64.0 Å². The SMILES string of the molecule is C=CCn1c(SCC(=O)Nc2ccc3ccccc3c2)nc2ccccc2c1=O. The molecule has 3 aromatic carbocycles. The minimum Gasteiger partial charge on any atom is -0.325 e. The molecule has 0 bridgehead atoms. The molecule has 1 heterocycles. The average molecular weight is 401 g/mol. The van der Waals surface area contributed by atoms with E-state index in [-0.39, 0.29) is 17.2 Å². The van der Waals surface area contributed by atoms with Gasteiger partial charge in [-0.25, -0.2) is 4.98 Å². The summed E-state index contributed by atoms with van der Waals surface area (Å²) in [7, 11) is 0. The van der Waals surface area contributed by atoms with E-state index >= 15 is 0 Å². The van der Waals surface area contributed by atoms with Gasteiger partial charge in [0.1, 0.15) is 0 Å². The normalized spacial score (nSPS) is 10.9. The number of nitrogens with one attached hydrogen (secondary N) is 1. The third-order valence-electron chi connectivity index (χ3n) is 4.50. The van der Waals surface area contributed by atoms with Crippen molar-refractivity contribution in [3.63, 3.8) is 0 Å². The van der Waals surface area contributed by atoms with Crippen molar-refractivity contribution >= 4 is 45.0 Å². The zero-order valence-corrected chi connectivity index (χ0v) is 16.5. The van der Waals surface area contributed by atoms with Crippen LogP contribution in [0.15, 0.2) is 89.3 Å². The van der Waals surface area contributed by atoms with Crippen LogP contribution in [-0.2, 0) is 11.3 Å². The molecule has 0 saturated carbocycles. The number of carbonyl (C=O) groups excluding carboxylic acids is 1. The first-order valence-corrected chi connectivity index (χ1v) is 10.2. The number of thioether (sulfide) groups is 1. The maximum Gasteiger partial charge on any atom is 0.262 e. The Balaban J connectivity index is 1.53. The van der Waals surface area contributed by atoms with Gasteiger partial charge in [0.25, 0.3) is 5.56 Å². The fraction of sp³-hybridized carbons (Fsp3) is 0.0870. The van der Waals surface area contributed by atoms with Crippen molar-refractivity contribution in [2.24, 2.45) is 0 Å². The molecule has 1 aromatic heterocycles. The molecule has 4 rings (SSSR count). The molecule has 29 heavy (non-hydrogen) atoms. The minimum atomic E-state index is -0.155. The maximum absolute atomic E-state index is 12.8. The number of rotatable bonds is 6. The number of amides is 1. The molecule has 0 atom stereocenters. The molecule has 1 N–H and O–H groups in total. The molecule has 0 spiro atoms. The van der Waals surface area contributed by atoms with Gasteiger partial charge in [0.05, 0.1) is 16.7 Å². The number of hydrogen-bond donors (Lipinski definition) is 1. The summed E-state index contributed by atoms with van der Waals surface area (Å²) in [4.78, 5) is 29.8. The lowest BCUT2D eigenvalue weighted by Crippen LogP contribution is -2.23. The quantitative estimate of drug-likeness (QED) is 0.294. The Kier molecular flexibility index (Phi) is 5.44. The number of allylic oxidation sites excluding steroid dienone is 1. The highest BCUT2D eigenvalue weighted by Crippen LogP contribution is 2.21. The van der Waals surface area contributed by atoms with Gasteiger partial charge in [0.2, 0.25) is 5.91 Å². The van der Waals surface area contributed by atoms with Crippen molar-refractivity contribution in [2.75, 3.05) is 11.1 Å². The number of anilines is 1. The third-order valence-corrected chi connectivity index (χ3v) is 5.48. The Morgan fingerprint density at radius 3 is 2.66 bits per heavy atom. The lowest BCUT2D eigenvalue weighted by molar-refractivity contribution is -0.113. The van der Waals surface area contributed by atoms with Crippen LogP contribution < -0.4 is 10.9 Å². The Labute approximate surface area is 172 Å². The molecule has 1 amide bonds. The monoisotopic (exact) mass is 401 g/mol. The number of para-hydroxylation sites is 1.